The van der Waals surface area contributed by atoms with Crippen LogP contribution in [0.4, 0.5) is 0 Å². The lowest BCUT2D eigenvalue weighted by atomic mass is 10.1. The van der Waals surface area contributed by atoms with Crippen LogP contribution in [0.15, 0.2) is 6.20 Å². The lowest BCUT2D eigenvalue weighted by Crippen LogP contribution is -2.40. The molecular formula is C13H23N2+. The highest BCUT2D eigenvalue weighted by atomic mass is 15.2. The molecule has 0 amide bonds. The molecule has 1 aliphatic rings. The molecule has 0 aliphatic carbocycles. The maximum Gasteiger partial charge on any atom is 0.256 e. The van der Waals surface area contributed by atoms with Gasteiger partial charge >= 0.3 is 0 Å². The highest BCUT2D eigenvalue weighted by molar-refractivity contribution is 5.06. The van der Waals surface area contributed by atoms with E-state index in [1.165, 1.54) is 31.5 Å². The molecule has 0 atom stereocenters. The molecule has 0 fully saturated rings. The fraction of sp³-hybridized carbons (Fsp3) is 0.769. The Bertz CT molecular complexity index is 315. The fourth-order valence-corrected chi connectivity index (χ4v) is 2.56. The maximum absolute atomic E-state index is 2.55. The van der Waals surface area contributed by atoms with E-state index in [-0.39, 0.29) is 0 Å². The van der Waals surface area contributed by atoms with E-state index in [1.54, 1.807) is 5.82 Å². The predicted molar refractivity (Wildman–Crippen MR) is 62.0 cm³/mol. The predicted octanol–water partition coefficient (Wildman–Crippen LogP) is 2.82. The van der Waals surface area contributed by atoms with Gasteiger partial charge in [0.1, 0.15) is 11.9 Å². The van der Waals surface area contributed by atoms with Crippen LogP contribution in [0.5, 0.6) is 0 Å². The summed E-state index contributed by atoms with van der Waals surface area (Å²) < 4.78 is 5.02. The van der Waals surface area contributed by atoms with E-state index >= 15 is 0 Å². The summed E-state index contributed by atoms with van der Waals surface area (Å²) in [6, 6.07) is 0.594. The van der Waals surface area contributed by atoms with Crippen LogP contribution >= 0.6 is 0 Å². The summed E-state index contributed by atoms with van der Waals surface area (Å²) in [4.78, 5) is 0. The van der Waals surface area contributed by atoms with Crippen molar-refractivity contribution in [2.45, 2.75) is 65.5 Å². The average molecular weight is 207 g/mol. The molecule has 0 bridgehead atoms. The van der Waals surface area contributed by atoms with Crippen molar-refractivity contribution >= 4 is 0 Å². The molecule has 15 heavy (non-hydrogen) atoms. The van der Waals surface area contributed by atoms with Gasteiger partial charge in [-0.2, -0.15) is 0 Å². The monoisotopic (exact) mass is 207 g/mol. The second kappa shape index (κ2) is 3.99. The Hall–Kier alpha value is -0.790. The van der Waals surface area contributed by atoms with Crippen LogP contribution < -0.4 is 4.57 Å². The second-order valence-electron chi connectivity index (χ2n) is 5.23. The Kier molecular flexibility index (Phi) is 2.85. The van der Waals surface area contributed by atoms with Gasteiger partial charge in [-0.25, -0.2) is 9.13 Å². The minimum Gasteiger partial charge on any atom is -0.232 e. The smallest absolute Gasteiger partial charge is 0.232 e. The van der Waals surface area contributed by atoms with Crippen LogP contribution in [0.3, 0.4) is 0 Å². The van der Waals surface area contributed by atoms with Crippen molar-refractivity contribution in [3.63, 3.8) is 0 Å². The average Bonchev–Trinajstić information content (AvgIpc) is 2.56. The third-order valence-corrected chi connectivity index (χ3v) is 3.37. The Balaban J connectivity index is 2.49. The highest BCUT2D eigenvalue weighted by Gasteiger charge is 2.28. The maximum atomic E-state index is 2.55. The number of rotatable bonds is 2. The van der Waals surface area contributed by atoms with Crippen LogP contribution in [-0.4, -0.2) is 4.57 Å². The molecule has 2 nitrogen and oxygen atoms in total. The van der Waals surface area contributed by atoms with Gasteiger partial charge in [-0.05, 0) is 26.7 Å². The summed E-state index contributed by atoms with van der Waals surface area (Å²) in [5, 5.41) is 0. The van der Waals surface area contributed by atoms with Crippen molar-refractivity contribution in [1.82, 2.24) is 4.57 Å². The Labute approximate surface area is 92.9 Å². The SMILES string of the molecule is CC(C)c1c[n+](C(C)C)c2n1CCCC2. The van der Waals surface area contributed by atoms with Crippen LogP contribution in [-0.2, 0) is 13.0 Å². The molecule has 1 aliphatic heterocycles. The van der Waals surface area contributed by atoms with Gasteiger partial charge in [-0.15, -0.1) is 0 Å². The molecule has 0 unspecified atom stereocenters. The number of nitrogens with zero attached hydrogens (tertiary/aromatic N) is 2. The van der Waals surface area contributed by atoms with E-state index in [2.05, 4.69) is 43.0 Å². The summed E-state index contributed by atoms with van der Waals surface area (Å²) in [6.45, 7) is 10.4. The number of aromatic nitrogens is 2. The standard InChI is InChI=1S/C13H23N2/c1-10(2)12-9-15(11(3)4)13-7-5-6-8-14(12)13/h9-11H,5-8H2,1-4H3/q+1. The fourth-order valence-electron chi connectivity index (χ4n) is 2.56. The zero-order valence-corrected chi connectivity index (χ0v) is 10.5. The van der Waals surface area contributed by atoms with Crippen LogP contribution in [0, 0.1) is 0 Å². The van der Waals surface area contributed by atoms with Crippen LogP contribution in [0.25, 0.3) is 0 Å². The van der Waals surface area contributed by atoms with Gasteiger partial charge in [0.05, 0.1) is 12.6 Å². The molecule has 1 aromatic rings. The minimum absolute atomic E-state index is 0.594. The molecule has 0 radical (unpaired) electrons. The van der Waals surface area contributed by atoms with Gasteiger partial charge in [-0.3, -0.25) is 0 Å². The van der Waals surface area contributed by atoms with Gasteiger partial charge in [0.2, 0.25) is 0 Å². The van der Waals surface area contributed by atoms with Crippen molar-refractivity contribution in [2.75, 3.05) is 0 Å². The van der Waals surface area contributed by atoms with E-state index < -0.39 is 0 Å². The number of hydrogen-bond donors (Lipinski definition) is 0. The van der Waals surface area contributed by atoms with Crippen LogP contribution in [0.1, 0.15) is 64.0 Å². The molecular weight excluding hydrogens is 184 g/mol. The lowest BCUT2D eigenvalue weighted by Gasteiger charge is -2.13. The second-order valence-corrected chi connectivity index (χ2v) is 5.23. The molecule has 2 heteroatoms. The normalized spacial score (nSPS) is 16.1. The lowest BCUT2D eigenvalue weighted by molar-refractivity contribution is -0.723. The summed E-state index contributed by atoms with van der Waals surface area (Å²) in [5.74, 6) is 2.18. The molecule has 2 heterocycles. The summed E-state index contributed by atoms with van der Waals surface area (Å²) in [6.07, 6.45) is 6.33. The van der Waals surface area contributed by atoms with Gasteiger partial charge in [0.15, 0.2) is 0 Å². The minimum atomic E-state index is 0.594. The van der Waals surface area contributed by atoms with Gasteiger partial charge < -0.3 is 0 Å². The quantitative estimate of drug-likeness (QED) is 0.659. The first-order valence-corrected chi connectivity index (χ1v) is 6.24. The molecule has 0 saturated heterocycles. The van der Waals surface area contributed by atoms with E-state index in [1.807, 2.05) is 0 Å². The summed E-state index contributed by atoms with van der Waals surface area (Å²) >= 11 is 0. The Morgan fingerprint density at radius 3 is 2.53 bits per heavy atom. The molecule has 2 rings (SSSR count). The van der Waals surface area contributed by atoms with Crippen LogP contribution in [0.2, 0.25) is 0 Å². The Morgan fingerprint density at radius 2 is 1.93 bits per heavy atom. The summed E-state index contributed by atoms with van der Waals surface area (Å²) in [5.41, 5.74) is 1.51. The highest BCUT2D eigenvalue weighted by Crippen LogP contribution is 2.21. The summed E-state index contributed by atoms with van der Waals surface area (Å²) in [7, 11) is 0. The van der Waals surface area contributed by atoms with Crippen molar-refractivity contribution in [3.05, 3.63) is 17.7 Å². The zero-order valence-electron chi connectivity index (χ0n) is 10.5. The number of fused-ring (bicyclic) bond motifs is 1. The van der Waals surface area contributed by atoms with E-state index in [0.29, 0.717) is 12.0 Å². The third-order valence-electron chi connectivity index (χ3n) is 3.37. The van der Waals surface area contributed by atoms with Crippen molar-refractivity contribution < 1.29 is 4.57 Å². The van der Waals surface area contributed by atoms with Crippen molar-refractivity contribution in [1.29, 1.82) is 0 Å². The number of imidazole rings is 1. The first-order chi connectivity index (χ1) is 7.11. The van der Waals surface area contributed by atoms with Gasteiger partial charge in [-0.1, -0.05) is 13.8 Å². The molecule has 84 valence electrons. The first kappa shape index (κ1) is 10.7. The Morgan fingerprint density at radius 1 is 1.20 bits per heavy atom. The van der Waals surface area contributed by atoms with Gasteiger partial charge in [0.25, 0.3) is 5.82 Å². The first-order valence-electron chi connectivity index (χ1n) is 6.24. The molecule has 0 N–H and O–H groups in total. The largest absolute Gasteiger partial charge is 0.256 e. The van der Waals surface area contributed by atoms with Gasteiger partial charge in [0, 0.05) is 12.3 Å². The zero-order chi connectivity index (χ0) is 11.0. The van der Waals surface area contributed by atoms with E-state index in [9.17, 15) is 0 Å². The topological polar surface area (TPSA) is 8.81 Å². The molecule has 0 aromatic carbocycles. The molecule has 0 saturated carbocycles. The number of hydrogen-bond acceptors (Lipinski definition) is 0. The third kappa shape index (κ3) is 1.82. The molecule has 1 aromatic heterocycles. The van der Waals surface area contributed by atoms with Crippen molar-refractivity contribution in [3.8, 4) is 0 Å². The van der Waals surface area contributed by atoms with Crippen molar-refractivity contribution in [2.24, 2.45) is 0 Å². The van der Waals surface area contributed by atoms with E-state index in [0.717, 1.165) is 0 Å². The van der Waals surface area contributed by atoms with E-state index in [4.69, 9.17) is 0 Å². The molecule has 0 spiro atoms.